The summed E-state index contributed by atoms with van der Waals surface area (Å²) in [7, 11) is -5.57. The molecule has 590 valence electrons. The zero-order chi connectivity index (χ0) is 80.8. The first kappa shape index (κ1) is 79.5. The van der Waals surface area contributed by atoms with Crippen molar-refractivity contribution in [2.24, 2.45) is 5.73 Å². The van der Waals surface area contributed by atoms with E-state index in [9.17, 15) is 78.4 Å². The number of carboxylic acids is 1. The summed E-state index contributed by atoms with van der Waals surface area (Å²) < 4.78 is 84.6. The monoisotopic (exact) mass is 1650 g/mol. The number of aliphatic hydroxyl groups excluding tert-OH is 5. The summed E-state index contributed by atoms with van der Waals surface area (Å²) in [5.41, 5.74) is 0.457. The van der Waals surface area contributed by atoms with Gasteiger partial charge < -0.3 is 126 Å². The molecular formula is C71H63Cl4N7O29S. The summed E-state index contributed by atoms with van der Waals surface area (Å²) in [6.45, 7) is 1.92. The quantitative estimate of drug-likeness (QED) is 0.0762. The Balaban J connectivity index is 1.09. The number of benzene rings is 7. The normalized spacial score (nSPS) is 27.4. The predicted octanol–water partition coefficient (Wildman–Crippen LogP) is 3.66. The van der Waals surface area contributed by atoms with E-state index >= 15 is 24.0 Å². The minimum atomic E-state index is -5.57. The number of ketones is 1. The number of hydrogen-bond acceptors (Lipinski definition) is 28. The first-order chi connectivity index (χ1) is 52.8. The molecule has 8 aliphatic rings. The van der Waals surface area contributed by atoms with Crippen molar-refractivity contribution < 1.29 is 140 Å². The van der Waals surface area contributed by atoms with Crippen molar-refractivity contribution in [3.63, 3.8) is 0 Å². The van der Waals surface area contributed by atoms with Gasteiger partial charge >= 0.3 is 16.4 Å². The minimum Gasteiger partial charge on any atom is -0.508 e. The van der Waals surface area contributed by atoms with Crippen LogP contribution in [0.2, 0.25) is 20.1 Å². The molecule has 7 aromatic rings. The number of aliphatic hydroxyl groups is 5. The van der Waals surface area contributed by atoms with Crippen molar-refractivity contribution in [1.82, 2.24) is 31.9 Å². The van der Waals surface area contributed by atoms with Crippen molar-refractivity contribution in [3.05, 3.63) is 162 Å². The van der Waals surface area contributed by atoms with Gasteiger partial charge in [0.2, 0.25) is 47.4 Å². The summed E-state index contributed by atoms with van der Waals surface area (Å²) >= 11 is 27.4. The maximum absolute atomic E-state index is 16.5. The van der Waals surface area contributed by atoms with E-state index in [2.05, 4.69) is 31.9 Å². The van der Waals surface area contributed by atoms with Crippen LogP contribution in [0.5, 0.6) is 69.0 Å². The molecular weight excluding hydrogens is 1590 g/mol. The molecule has 17 bridgehead atoms. The zero-order valence-corrected chi connectivity index (χ0v) is 61.2. The highest BCUT2D eigenvalue weighted by molar-refractivity contribution is 7.81. The summed E-state index contributed by atoms with van der Waals surface area (Å²) in [6, 6.07) is 1.98. The molecule has 6 amide bonds. The molecule has 0 aliphatic carbocycles. The lowest BCUT2D eigenvalue weighted by atomic mass is 9.86. The number of hydrogen-bond donors (Lipinski definition) is 18. The highest BCUT2D eigenvalue weighted by Gasteiger charge is 2.52. The topological polar surface area (TPSA) is 565 Å². The number of fused-ring (bicyclic) bond motifs is 14. The highest BCUT2D eigenvalue weighted by atomic mass is 35.5. The van der Waals surface area contributed by atoms with Crippen LogP contribution in [-0.2, 0) is 64.6 Å². The Bertz CT molecular complexity index is 5220. The van der Waals surface area contributed by atoms with Gasteiger partial charge in [0.15, 0.2) is 41.4 Å². The average molecular weight is 1650 g/mol. The molecule has 2 fully saturated rings. The number of nitrogens with two attached hydrogens (primary N) is 1. The van der Waals surface area contributed by atoms with E-state index in [-0.39, 0.29) is 28.3 Å². The van der Waals surface area contributed by atoms with E-state index in [1.807, 2.05) is 0 Å². The van der Waals surface area contributed by atoms with Crippen LogP contribution in [-0.4, -0.2) is 185 Å². The molecule has 36 nitrogen and oxygen atoms in total. The first-order valence-corrected chi connectivity index (χ1v) is 36.3. The Morgan fingerprint density at radius 1 is 0.634 bits per heavy atom. The summed E-state index contributed by atoms with van der Waals surface area (Å²) in [4.78, 5) is 121. The standard InChI is InChI=1S/C71H63Cl4N7O29S/c1-23-62(92)71(2,76)21-47(104-23)109-61-59(91)58(90)46(22-83)108-70(61)110-60-44-15-28-16-45(60)107-42-6-4-25(12-36(42)73)54(86)53-67(97)81-52(69(99)100)33-18-30(84)19-40(85)48(33)34-11-27(13-37(74)56(34)88)50(66(96)82-53)79-65(95)51(28)80-64(94)49-26-9-31(20-32(10-26)111-112(101,102)103)105-43-17-29(14-38(75)57(43)89)55(87)68(98)77-39(63(93)78-49)8-24-3-5-41(106-44)35(72)7-24/h3-7,9-20,23,39,46-47,49-54,58-59,61-62,70,83-86,88-92H,8,21-22,76H2,1-2H3,(H,77,98)(H,78,93)(H,79,95)(H,80,94)(H,81,97)(H,82,96)(H,99,100)(H,101,102,103). The van der Waals surface area contributed by atoms with E-state index in [0.29, 0.717) is 6.07 Å². The third-order valence-corrected chi connectivity index (χ3v) is 20.6. The van der Waals surface area contributed by atoms with E-state index < -0.39 is 285 Å². The minimum absolute atomic E-state index is 0.0454. The van der Waals surface area contributed by atoms with Gasteiger partial charge in [-0.1, -0.05) is 58.5 Å². The number of nitrogens with one attached hydrogen (secondary N) is 6. The lowest BCUT2D eigenvalue weighted by molar-refractivity contribution is -0.333. The Kier molecular flexibility index (Phi) is 21.9. The fourth-order valence-corrected chi connectivity index (χ4v) is 14.7. The fraction of sp³-hybridized carbons (Fsp3) is 0.296. The summed E-state index contributed by atoms with van der Waals surface area (Å²) in [6.07, 6.45) is -16.9. The van der Waals surface area contributed by atoms with Gasteiger partial charge in [0.25, 0.3) is 5.91 Å². The third kappa shape index (κ3) is 16.0. The van der Waals surface area contributed by atoms with Gasteiger partial charge in [-0.15, -0.1) is 0 Å². The molecule has 7 aromatic carbocycles. The molecule has 0 aromatic heterocycles. The van der Waals surface area contributed by atoms with Crippen LogP contribution in [0.3, 0.4) is 0 Å². The maximum Gasteiger partial charge on any atom is 0.446 e. The molecule has 16 atom stereocenters. The van der Waals surface area contributed by atoms with Gasteiger partial charge in [-0.05, 0) is 121 Å². The number of phenolic OH excluding ortho intramolecular Hbond substituents is 4. The molecule has 112 heavy (non-hydrogen) atoms. The first-order valence-electron chi connectivity index (χ1n) is 33.4. The predicted molar refractivity (Wildman–Crippen MR) is 382 cm³/mol. The number of phenols is 4. The van der Waals surface area contributed by atoms with Crippen molar-refractivity contribution in [2.75, 3.05) is 6.61 Å². The molecule has 41 heteroatoms. The highest BCUT2D eigenvalue weighted by Crippen LogP contribution is 2.51. The van der Waals surface area contributed by atoms with Crippen molar-refractivity contribution in [1.29, 1.82) is 0 Å². The zero-order valence-electron chi connectivity index (χ0n) is 57.4. The molecule has 0 saturated carbocycles. The Morgan fingerprint density at radius 3 is 1.87 bits per heavy atom. The van der Waals surface area contributed by atoms with Gasteiger partial charge in [0.1, 0.15) is 94.9 Å². The van der Waals surface area contributed by atoms with Crippen LogP contribution in [0.15, 0.2) is 103 Å². The molecule has 16 unspecified atom stereocenters. The number of amides is 6. The third-order valence-electron chi connectivity index (χ3n) is 19.0. The fourth-order valence-electron chi connectivity index (χ4n) is 13.5. The van der Waals surface area contributed by atoms with Gasteiger partial charge in [-0.2, -0.15) is 8.42 Å². The van der Waals surface area contributed by atoms with E-state index in [4.69, 9.17) is 89.5 Å². The molecule has 0 radical (unpaired) electrons. The summed E-state index contributed by atoms with van der Waals surface area (Å²) in [5.74, 6) is -21.4. The van der Waals surface area contributed by atoms with Gasteiger partial charge in [-0.25, -0.2) is 4.79 Å². The second-order valence-corrected chi connectivity index (χ2v) is 29.6. The number of ether oxygens (including phenoxy) is 7. The Hall–Kier alpha value is -10.6. The van der Waals surface area contributed by atoms with Crippen LogP contribution in [0, 0.1) is 0 Å². The number of carbonyl (C=O) groups is 8. The van der Waals surface area contributed by atoms with Crippen molar-refractivity contribution in [2.45, 2.75) is 124 Å². The number of aromatic hydroxyl groups is 4. The average Bonchev–Trinajstić information content (AvgIpc) is 0.761. The summed E-state index contributed by atoms with van der Waals surface area (Å²) in [5, 5.41) is 126. The van der Waals surface area contributed by atoms with Crippen LogP contribution in [0.1, 0.15) is 94.3 Å². The Morgan fingerprint density at radius 2 is 1.24 bits per heavy atom. The molecule has 0 spiro atoms. The number of aliphatic carboxylic acids is 1. The van der Waals surface area contributed by atoms with Crippen molar-refractivity contribution in [3.8, 4) is 80.1 Å². The van der Waals surface area contributed by atoms with Crippen LogP contribution in [0.4, 0.5) is 0 Å². The lowest BCUT2D eigenvalue weighted by Crippen LogP contribution is -2.64. The molecule has 15 rings (SSSR count). The van der Waals surface area contributed by atoms with E-state index in [1.54, 1.807) is 0 Å². The van der Waals surface area contributed by atoms with Crippen LogP contribution >= 0.6 is 46.4 Å². The SMILES string of the molecule is CC1OC(OC2C(Oc3c4cc5cc3Oc3ccc(cc3Cl)C(O)C3NC(=O)C(NC(=O)C5NC(=O)C5NC(=O)C(Cc6ccc(c(Cl)c6)O4)NC(=O)C(=O)c4cc(Cl)c(O)c(c4)Oc4cc(OS(=O)(=O)O)cc5c4)c4cc(Cl)c(O)c(c4)-c4c(O)cc(O)cc4C(C(=O)O)NC3=O)OC(CO)C(O)C2O)CC(C)(N)C1O. The maximum atomic E-state index is 16.5. The largest absolute Gasteiger partial charge is 0.508 e. The number of carbonyl (C=O) groups excluding carboxylic acids is 7. The second kappa shape index (κ2) is 30.8. The number of rotatable bonds is 8. The number of carboxylic acid groups (broad SMARTS) is 1. The van der Waals surface area contributed by atoms with E-state index in [1.165, 1.54) is 32.0 Å². The van der Waals surface area contributed by atoms with Crippen molar-refractivity contribution >= 4 is 104 Å². The smallest absolute Gasteiger partial charge is 0.446 e. The van der Waals surface area contributed by atoms with Gasteiger partial charge in [0, 0.05) is 52.8 Å². The molecule has 8 heterocycles. The second-order valence-electron chi connectivity index (χ2n) is 26.9. The Labute approximate surface area is 650 Å². The van der Waals surface area contributed by atoms with Crippen LogP contribution < -0.4 is 60.8 Å². The number of halogens is 4. The van der Waals surface area contributed by atoms with Gasteiger partial charge in [0.05, 0.1) is 38.9 Å². The molecule has 2 saturated heterocycles. The van der Waals surface area contributed by atoms with Crippen LogP contribution in [0.25, 0.3) is 11.1 Å². The molecule has 8 aliphatic heterocycles. The number of Topliss-reactive ketones (excluding diaryl/α,β-unsaturated/α-hetero) is 1. The van der Waals surface area contributed by atoms with E-state index in [0.717, 1.165) is 78.9 Å². The lowest BCUT2D eigenvalue weighted by Gasteiger charge is -2.47. The van der Waals surface area contributed by atoms with Gasteiger partial charge in [-0.3, -0.25) is 38.1 Å². The molecule has 19 N–H and O–H groups in total.